The second kappa shape index (κ2) is 14.2. The molecule has 0 saturated heterocycles. The van der Waals surface area contributed by atoms with E-state index in [1.54, 1.807) is 16.7 Å². The summed E-state index contributed by atoms with van der Waals surface area (Å²) in [6, 6.07) is 25.6. The fourth-order valence-corrected chi connectivity index (χ4v) is 5.13. The van der Waals surface area contributed by atoms with Gasteiger partial charge in [0.25, 0.3) is 0 Å². The molecule has 0 bridgehead atoms. The van der Waals surface area contributed by atoms with Gasteiger partial charge in [0, 0.05) is 41.1 Å². The van der Waals surface area contributed by atoms with Crippen LogP contribution < -0.4 is 5.32 Å². The SMILES string of the molecule is Cc1ccc(SCCC(=O)N(Cc2cccc(Br)c2)C(Cc2ccccc2)C(=O)NCC(C)C)cc1. The molecule has 3 rings (SSSR count). The summed E-state index contributed by atoms with van der Waals surface area (Å²) >= 11 is 5.20. The lowest BCUT2D eigenvalue weighted by Crippen LogP contribution is -2.51. The van der Waals surface area contributed by atoms with Gasteiger partial charge in [0.15, 0.2) is 0 Å². The Bertz CT molecular complexity index is 1120. The quantitative estimate of drug-likeness (QED) is 0.249. The number of nitrogens with one attached hydrogen (secondary N) is 1. The van der Waals surface area contributed by atoms with E-state index in [-0.39, 0.29) is 11.8 Å². The smallest absolute Gasteiger partial charge is 0.243 e. The Morgan fingerprint density at radius 3 is 2.31 bits per heavy atom. The van der Waals surface area contributed by atoms with Crippen molar-refractivity contribution in [2.75, 3.05) is 12.3 Å². The summed E-state index contributed by atoms with van der Waals surface area (Å²) in [6.45, 7) is 7.15. The Morgan fingerprint density at radius 1 is 0.944 bits per heavy atom. The highest BCUT2D eigenvalue weighted by Gasteiger charge is 2.30. The zero-order valence-electron chi connectivity index (χ0n) is 21.2. The maximum atomic E-state index is 13.7. The van der Waals surface area contributed by atoms with E-state index in [1.165, 1.54) is 5.56 Å². The number of halogens is 1. The number of nitrogens with zero attached hydrogens (tertiary/aromatic N) is 1. The van der Waals surface area contributed by atoms with E-state index in [9.17, 15) is 9.59 Å². The third kappa shape index (κ3) is 9.14. The van der Waals surface area contributed by atoms with E-state index in [1.807, 2.05) is 54.6 Å². The summed E-state index contributed by atoms with van der Waals surface area (Å²) in [5.74, 6) is 0.853. The highest BCUT2D eigenvalue weighted by molar-refractivity contribution is 9.10. The molecule has 1 N–H and O–H groups in total. The van der Waals surface area contributed by atoms with E-state index in [0.29, 0.717) is 37.6 Å². The molecular weight excluding hydrogens is 532 g/mol. The van der Waals surface area contributed by atoms with Crippen molar-refractivity contribution in [2.24, 2.45) is 5.92 Å². The van der Waals surface area contributed by atoms with Gasteiger partial charge in [-0.2, -0.15) is 0 Å². The first-order chi connectivity index (χ1) is 17.3. The van der Waals surface area contributed by atoms with Crippen LogP contribution in [0.4, 0.5) is 0 Å². The Labute approximate surface area is 228 Å². The van der Waals surface area contributed by atoms with Crippen LogP contribution in [0.25, 0.3) is 0 Å². The lowest BCUT2D eigenvalue weighted by atomic mass is 10.0. The van der Waals surface area contributed by atoms with Crippen molar-refractivity contribution < 1.29 is 9.59 Å². The summed E-state index contributed by atoms with van der Waals surface area (Å²) in [5, 5.41) is 3.07. The average molecular weight is 568 g/mol. The monoisotopic (exact) mass is 566 g/mol. The van der Waals surface area contributed by atoms with Gasteiger partial charge in [0.1, 0.15) is 6.04 Å². The second-order valence-corrected chi connectivity index (χ2v) is 11.5. The first-order valence-electron chi connectivity index (χ1n) is 12.4. The van der Waals surface area contributed by atoms with Gasteiger partial charge in [-0.25, -0.2) is 0 Å². The minimum Gasteiger partial charge on any atom is -0.354 e. The van der Waals surface area contributed by atoms with E-state index in [0.717, 1.165) is 20.5 Å². The van der Waals surface area contributed by atoms with Crippen LogP contribution in [0.15, 0.2) is 88.2 Å². The van der Waals surface area contributed by atoms with Crippen molar-refractivity contribution in [1.82, 2.24) is 10.2 Å². The van der Waals surface area contributed by atoms with Gasteiger partial charge in [-0.05, 0) is 48.2 Å². The average Bonchev–Trinajstić information content (AvgIpc) is 2.86. The molecule has 0 heterocycles. The molecule has 36 heavy (non-hydrogen) atoms. The van der Waals surface area contributed by atoms with Gasteiger partial charge in [-0.1, -0.05) is 89.9 Å². The molecule has 6 heteroatoms. The molecule has 0 fully saturated rings. The molecule has 1 atom stereocenters. The molecule has 0 saturated carbocycles. The minimum absolute atomic E-state index is 0.0183. The number of rotatable bonds is 12. The van der Waals surface area contributed by atoms with Crippen molar-refractivity contribution in [1.29, 1.82) is 0 Å². The molecule has 0 aliphatic heterocycles. The maximum Gasteiger partial charge on any atom is 0.243 e. The van der Waals surface area contributed by atoms with Crippen LogP contribution in [0.5, 0.6) is 0 Å². The summed E-state index contributed by atoms with van der Waals surface area (Å²) in [6.07, 6.45) is 0.824. The van der Waals surface area contributed by atoms with Crippen molar-refractivity contribution >= 4 is 39.5 Å². The van der Waals surface area contributed by atoms with E-state index >= 15 is 0 Å². The van der Waals surface area contributed by atoms with Gasteiger partial charge in [-0.15, -0.1) is 11.8 Å². The molecule has 0 aliphatic carbocycles. The fourth-order valence-electron chi connectivity index (χ4n) is 3.84. The van der Waals surface area contributed by atoms with Crippen molar-refractivity contribution in [3.8, 4) is 0 Å². The van der Waals surface area contributed by atoms with Gasteiger partial charge >= 0.3 is 0 Å². The van der Waals surface area contributed by atoms with Crippen LogP contribution in [0.1, 0.15) is 37.0 Å². The normalized spacial score (nSPS) is 11.8. The molecule has 0 radical (unpaired) electrons. The van der Waals surface area contributed by atoms with Crippen molar-refractivity contribution in [2.45, 2.75) is 51.1 Å². The maximum absolute atomic E-state index is 13.7. The molecule has 2 amide bonds. The van der Waals surface area contributed by atoms with Gasteiger partial charge in [0.05, 0.1) is 0 Å². The van der Waals surface area contributed by atoms with E-state index in [2.05, 4.69) is 66.3 Å². The lowest BCUT2D eigenvalue weighted by Gasteiger charge is -2.32. The molecule has 3 aromatic carbocycles. The number of amides is 2. The van der Waals surface area contributed by atoms with Gasteiger partial charge in [-0.3, -0.25) is 9.59 Å². The third-order valence-corrected chi connectivity index (χ3v) is 7.31. The zero-order chi connectivity index (χ0) is 25.9. The van der Waals surface area contributed by atoms with Crippen LogP contribution >= 0.6 is 27.7 Å². The summed E-state index contributed by atoms with van der Waals surface area (Å²) in [5.41, 5.74) is 3.23. The van der Waals surface area contributed by atoms with Crippen LogP contribution in [0, 0.1) is 12.8 Å². The topological polar surface area (TPSA) is 49.4 Å². The van der Waals surface area contributed by atoms with Crippen molar-refractivity contribution in [3.05, 3.63) is 100 Å². The lowest BCUT2D eigenvalue weighted by molar-refractivity contribution is -0.141. The number of hydrogen-bond donors (Lipinski definition) is 1. The van der Waals surface area contributed by atoms with Crippen molar-refractivity contribution in [3.63, 3.8) is 0 Å². The predicted molar refractivity (Wildman–Crippen MR) is 153 cm³/mol. The summed E-state index contributed by atoms with van der Waals surface area (Å²) < 4.78 is 0.950. The second-order valence-electron chi connectivity index (χ2n) is 9.41. The predicted octanol–water partition coefficient (Wildman–Crippen LogP) is 6.65. The molecular formula is C30H35BrN2O2S. The Morgan fingerprint density at radius 2 is 1.64 bits per heavy atom. The van der Waals surface area contributed by atoms with Crippen LogP contribution in [0.3, 0.4) is 0 Å². The Hall–Kier alpha value is -2.57. The molecule has 3 aromatic rings. The largest absolute Gasteiger partial charge is 0.354 e. The number of aryl methyl sites for hydroxylation is 1. The van der Waals surface area contributed by atoms with Gasteiger partial charge < -0.3 is 10.2 Å². The third-order valence-electron chi connectivity index (χ3n) is 5.80. The minimum atomic E-state index is -0.595. The molecule has 4 nitrogen and oxygen atoms in total. The number of carbonyl (C=O) groups is 2. The highest BCUT2D eigenvalue weighted by Crippen LogP contribution is 2.22. The standard InChI is InChI=1S/C30H35BrN2O2S/c1-22(2)20-32-30(35)28(19-24-8-5-4-6-9-24)33(21-25-10-7-11-26(31)18-25)29(34)16-17-36-27-14-12-23(3)13-15-27/h4-15,18,22,28H,16-17,19-21H2,1-3H3,(H,32,35). The fraction of sp³-hybridized carbons (Fsp3) is 0.333. The van der Waals surface area contributed by atoms with Crippen LogP contribution in [0.2, 0.25) is 0 Å². The van der Waals surface area contributed by atoms with E-state index < -0.39 is 6.04 Å². The molecule has 0 aromatic heterocycles. The number of benzene rings is 3. The Balaban J connectivity index is 1.83. The summed E-state index contributed by atoms with van der Waals surface area (Å²) in [7, 11) is 0. The number of thioether (sulfide) groups is 1. The first kappa shape index (κ1) is 28.0. The van der Waals surface area contributed by atoms with Gasteiger partial charge in [0.2, 0.25) is 11.8 Å². The molecule has 1 unspecified atom stereocenters. The Kier molecular flexibility index (Phi) is 11.1. The molecule has 0 aliphatic rings. The highest BCUT2D eigenvalue weighted by atomic mass is 79.9. The summed E-state index contributed by atoms with van der Waals surface area (Å²) in [4.78, 5) is 30.0. The van der Waals surface area contributed by atoms with E-state index in [4.69, 9.17) is 0 Å². The molecule has 190 valence electrons. The van der Waals surface area contributed by atoms with Crippen LogP contribution in [-0.4, -0.2) is 35.1 Å². The number of hydrogen-bond acceptors (Lipinski definition) is 3. The first-order valence-corrected chi connectivity index (χ1v) is 14.1. The number of carbonyl (C=O) groups excluding carboxylic acids is 2. The molecule has 0 spiro atoms. The zero-order valence-corrected chi connectivity index (χ0v) is 23.6. The van der Waals surface area contributed by atoms with Crippen LogP contribution in [-0.2, 0) is 22.6 Å².